The monoisotopic (exact) mass is 228 g/mol. The summed E-state index contributed by atoms with van der Waals surface area (Å²) < 4.78 is 0. The predicted octanol–water partition coefficient (Wildman–Crippen LogP) is 1.49. The molecule has 2 atom stereocenters. The molecular formula is C13H16N4. The Morgan fingerprint density at radius 2 is 2.06 bits per heavy atom. The molecule has 2 saturated heterocycles. The summed E-state index contributed by atoms with van der Waals surface area (Å²) in [5, 5.41) is 9.61. The molecule has 0 aromatic carbocycles. The van der Waals surface area contributed by atoms with Gasteiger partial charge in [0.25, 0.3) is 0 Å². The van der Waals surface area contributed by atoms with Crippen LogP contribution in [0.4, 0.5) is 0 Å². The van der Waals surface area contributed by atoms with Gasteiger partial charge in [0, 0.05) is 24.5 Å². The number of nitrogens with zero attached hydrogens (tertiary/aromatic N) is 4. The minimum Gasteiger partial charge on any atom is -0.300 e. The van der Waals surface area contributed by atoms with Crippen molar-refractivity contribution in [1.29, 1.82) is 5.26 Å². The molecule has 1 aromatic rings. The van der Waals surface area contributed by atoms with Crippen molar-refractivity contribution in [3.05, 3.63) is 24.3 Å². The third-order valence-electron chi connectivity index (χ3n) is 4.42. The SMILES string of the molecule is CN1C2CCC1CC(C#N)(c1cnccn1)C2. The Hall–Kier alpha value is -1.47. The summed E-state index contributed by atoms with van der Waals surface area (Å²) in [6, 6.07) is 3.60. The fraction of sp³-hybridized carbons (Fsp3) is 0.615. The van der Waals surface area contributed by atoms with E-state index in [4.69, 9.17) is 0 Å². The molecule has 3 heterocycles. The second-order valence-electron chi connectivity index (χ2n) is 5.24. The van der Waals surface area contributed by atoms with E-state index in [0.717, 1.165) is 18.5 Å². The normalized spacial score (nSPS) is 36.7. The maximum absolute atomic E-state index is 9.61. The van der Waals surface area contributed by atoms with Crippen molar-refractivity contribution in [2.45, 2.75) is 43.2 Å². The molecule has 2 fully saturated rings. The molecule has 88 valence electrons. The van der Waals surface area contributed by atoms with Crippen LogP contribution in [0.2, 0.25) is 0 Å². The van der Waals surface area contributed by atoms with Crippen LogP contribution in [-0.4, -0.2) is 34.0 Å². The molecular weight excluding hydrogens is 212 g/mol. The second kappa shape index (κ2) is 3.78. The predicted molar refractivity (Wildman–Crippen MR) is 63.1 cm³/mol. The van der Waals surface area contributed by atoms with Gasteiger partial charge in [0.05, 0.1) is 18.0 Å². The number of hydrogen-bond acceptors (Lipinski definition) is 4. The van der Waals surface area contributed by atoms with E-state index in [-0.39, 0.29) is 0 Å². The van der Waals surface area contributed by atoms with Crippen LogP contribution in [0.1, 0.15) is 31.4 Å². The van der Waals surface area contributed by atoms with Crippen LogP contribution < -0.4 is 0 Å². The zero-order chi connectivity index (χ0) is 11.9. The largest absolute Gasteiger partial charge is 0.300 e. The molecule has 2 aliphatic heterocycles. The van der Waals surface area contributed by atoms with Crippen molar-refractivity contribution in [3.63, 3.8) is 0 Å². The van der Waals surface area contributed by atoms with E-state index in [1.165, 1.54) is 12.8 Å². The van der Waals surface area contributed by atoms with E-state index in [2.05, 4.69) is 28.0 Å². The summed E-state index contributed by atoms with van der Waals surface area (Å²) in [4.78, 5) is 10.9. The molecule has 0 N–H and O–H groups in total. The number of aromatic nitrogens is 2. The molecule has 3 rings (SSSR count). The lowest BCUT2D eigenvalue weighted by Crippen LogP contribution is -2.47. The fourth-order valence-corrected chi connectivity index (χ4v) is 3.37. The van der Waals surface area contributed by atoms with Crippen LogP contribution in [0.5, 0.6) is 0 Å². The maximum Gasteiger partial charge on any atom is 0.104 e. The van der Waals surface area contributed by atoms with Crippen LogP contribution in [0.15, 0.2) is 18.6 Å². The first-order valence-corrected chi connectivity index (χ1v) is 6.15. The maximum atomic E-state index is 9.61. The standard InChI is InChI=1S/C13H16N4/c1-17-10-2-3-11(17)7-13(6-10,9-14)12-8-15-4-5-16-12/h4-5,8,10-11H,2-3,6-7H2,1H3. The van der Waals surface area contributed by atoms with Gasteiger partial charge in [0.15, 0.2) is 0 Å². The van der Waals surface area contributed by atoms with Crippen LogP contribution in [-0.2, 0) is 5.41 Å². The number of piperidine rings is 1. The molecule has 0 amide bonds. The van der Waals surface area contributed by atoms with Crippen LogP contribution >= 0.6 is 0 Å². The number of nitriles is 1. The average Bonchev–Trinajstić information content (AvgIpc) is 2.63. The van der Waals surface area contributed by atoms with Crippen molar-refractivity contribution < 1.29 is 0 Å². The fourth-order valence-electron chi connectivity index (χ4n) is 3.37. The quantitative estimate of drug-likeness (QED) is 0.731. The highest BCUT2D eigenvalue weighted by molar-refractivity contribution is 5.28. The lowest BCUT2D eigenvalue weighted by atomic mass is 9.74. The summed E-state index contributed by atoms with van der Waals surface area (Å²) in [7, 11) is 2.18. The van der Waals surface area contributed by atoms with Gasteiger partial charge in [0.1, 0.15) is 5.41 Å². The molecule has 2 aliphatic rings. The molecule has 4 nitrogen and oxygen atoms in total. The Kier molecular flexibility index (Phi) is 2.37. The number of fused-ring (bicyclic) bond motifs is 2. The average molecular weight is 228 g/mol. The summed E-state index contributed by atoms with van der Waals surface area (Å²) in [5.74, 6) is 0. The van der Waals surface area contributed by atoms with Crippen LogP contribution in [0, 0.1) is 11.3 Å². The zero-order valence-corrected chi connectivity index (χ0v) is 10.0. The molecule has 1 aromatic heterocycles. The lowest BCUT2D eigenvalue weighted by Gasteiger charge is -2.40. The Balaban J connectivity index is 1.98. The summed E-state index contributed by atoms with van der Waals surface area (Å²) in [6.07, 6.45) is 9.33. The minimum absolute atomic E-state index is 0.410. The smallest absolute Gasteiger partial charge is 0.104 e. The van der Waals surface area contributed by atoms with Crippen LogP contribution in [0.25, 0.3) is 0 Å². The molecule has 0 saturated carbocycles. The second-order valence-corrected chi connectivity index (χ2v) is 5.24. The number of hydrogen-bond donors (Lipinski definition) is 0. The molecule has 0 radical (unpaired) electrons. The molecule has 0 spiro atoms. The first kappa shape index (κ1) is 10.7. The summed E-state index contributed by atoms with van der Waals surface area (Å²) >= 11 is 0. The Labute approximate surface area is 101 Å². The minimum atomic E-state index is -0.410. The van der Waals surface area contributed by atoms with Crippen molar-refractivity contribution >= 4 is 0 Å². The van der Waals surface area contributed by atoms with Gasteiger partial charge in [-0.15, -0.1) is 0 Å². The Morgan fingerprint density at radius 1 is 1.35 bits per heavy atom. The Morgan fingerprint density at radius 3 is 2.59 bits per heavy atom. The van der Waals surface area contributed by atoms with Crippen LogP contribution in [0.3, 0.4) is 0 Å². The molecule has 17 heavy (non-hydrogen) atoms. The lowest BCUT2D eigenvalue weighted by molar-refractivity contribution is 0.133. The zero-order valence-electron chi connectivity index (χ0n) is 10.0. The first-order chi connectivity index (χ1) is 8.25. The van der Waals surface area contributed by atoms with Gasteiger partial charge in [-0.05, 0) is 32.7 Å². The third-order valence-corrected chi connectivity index (χ3v) is 4.42. The van der Waals surface area contributed by atoms with Gasteiger partial charge in [-0.25, -0.2) is 0 Å². The summed E-state index contributed by atoms with van der Waals surface area (Å²) in [5.41, 5.74) is 0.444. The first-order valence-electron chi connectivity index (χ1n) is 6.15. The van der Waals surface area contributed by atoms with Gasteiger partial charge in [-0.3, -0.25) is 9.97 Å². The van der Waals surface area contributed by atoms with E-state index in [1.54, 1.807) is 18.6 Å². The van der Waals surface area contributed by atoms with Gasteiger partial charge >= 0.3 is 0 Å². The van der Waals surface area contributed by atoms with E-state index in [0.29, 0.717) is 12.1 Å². The highest BCUT2D eigenvalue weighted by Crippen LogP contribution is 2.45. The van der Waals surface area contributed by atoms with Crippen molar-refractivity contribution in [1.82, 2.24) is 14.9 Å². The molecule has 4 heteroatoms. The highest BCUT2D eigenvalue weighted by Gasteiger charge is 2.49. The van der Waals surface area contributed by atoms with E-state index >= 15 is 0 Å². The molecule has 0 aliphatic carbocycles. The third kappa shape index (κ3) is 1.54. The van der Waals surface area contributed by atoms with Gasteiger partial charge in [-0.2, -0.15) is 5.26 Å². The highest BCUT2D eigenvalue weighted by atomic mass is 15.2. The van der Waals surface area contributed by atoms with Gasteiger partial charge in [-0.1, -0.05) is 0 Å². The van der Waals surface area contributed by atoms with E-state index in [9.17, 15) is 5.26 Å². The van der Waals surface area contributed by atoms with E-state index < -0.39 is 5.41 Å². The topological polar surface area (TPSA) is 52.8 Å². The van der Waals surface area contributed by atoms with Gasteiger partial charge in [0.2, 0.25) is 0 Å². The van der Waals surface area contributed by atoms with Gasteiger partial charge < -0.3 is 4.90 Å². The number of rotatable bonds is 1. The van der Waals surface area contributed by atoms with Crippen molar-refractivity contribution in [3.8, 4) is 6.07 Å². The molecule has 2 unspecified atom stereocenters. The van der Waals surface area contributed by atoms with E-state index in [1.807, 2.05) is 0 Å². The summed E-state index contributed by atoms with van der Waals surface area (Å²) in [6.45, 7) is 0. The Bertz CT molecular complexity index is 436. The van der Waals surface area contributed by atoms with Crippen molar-refractivity contribution in [2.75, 3.05) is 7.05 Å². The molecule has 2 bridgehead atoms. The van der Waals surface area contributed by atoms with Crippen molar-refractivity contribution in [2.24, 2.45) is 0 Å².